The molecule has 0 aliphatic heterocycles. The molecule has 102 valence electrons. The molecule has 0 saturated heterocycles. The number of likely N-dealkylation sites (N-methyl/N-ethyl adjacent to an activating group) is 1. The molecule has 19 heavy (non-hydrogen) atoms. The Kier molecular flexibility index (Phi) is 3.99. The van der Waals surface area contributed by atoms with Gasteiger partial charge in [-0.1, -0.05) is 6.92 Å². The van der Waals surface area contributed by atoms with Crippen molar-refractivity contribution in [3.05, 3.63) is 28.6 Å². The van der Waals surface area contributed by atoms with E-state index in [0.717, 1.165) is 31.2 Å². The van der Waals surface area contributed by atoms with Gasteiger partial charge in [0.2, 0.25) is 0 Å². The Morgan fingerprint density at radius 2 is 2.26 bits per heavy atom. The quantitative estimate of drug-likeness (QED) is 0.850. The SMILES string of the molecule is CCNCCc1ncc(-c2cc3c(s2)CCCC3)o1. The van der Waals surface area contributed by atoms with Crippen LogP contribution < -0.4 is 5.32 Å². The number of oxazole rings is 1. The first-order chi connectivity index (χ1) is 9.36. The van der Waals surface area contributed by atoms with Crippen molar-refractivity contribution in [2.24, 2.45) is 0 Å². The number of aromatic nitrogens is 1. The molecule has 0 bridgehead atoms. The second-order valence-electron chi connectivity index (χ2n) is 4.99. The van der Waals surface area contributed by atoms with Crippen LogP contribution in [0.3, 0.4) is 0 Å². The van der Waals surface area contributed by atoms with Gasteiger partial charge in [-0.3, -0.25) is 0 Å². The van der Waals surface area contributed by atoms with Crippen molar-refractivity contribution in [3.63, 3.8) is 0 Å². The molecule has 2 heterocycles. The average molecular weight is 276 g/mol. The summed E-state index contributed by atoms with van der Waals surface area (Å²) in [7, 11) is 0. The molecule has 0 radical (unpaired) electrons. The standard InChI is InChI=1S/C15H20N2OS/c1-2-16-8-7-15-17-10-12(18-15)14-9-11-5-3-4-6-13(11)19-14/h9-10,16H,2-8H2,1H3. The molecule has 3 nitrogen and oxygen atoms in total. The third-order valence-corrected chi connectivity index (χ3v) is 4.81. The van der Waals surface area contributed by atoms with E-state index in [4.69, 9.17) is 4.42 Å². The molecule has 0 saturated carbocycles. The molecule has 4 heteroatoms. The van der Waals surface area contributed by atoms with Crippen molar-refractivity contribution in [2.45, 2.75) is 39.0 Å². The lowest BCUT2D eigenvalue weighted by Crippen LogP contribution is -2.16. The predicted octanol–water partition coefficient (Wildman–Crippen LogP) is 3.43. The lowest BCUT2D eigenvalue weighted by molar-refractivity contribution is 0.498. The largest absolute Gasteiger partial charge is 0.440 e. The van der Waals surface area contributed by atoms with E-state index in [1.165, 1.54) is 36.1 Å². The van der Waals surface area contributed by atoms with E-state index in [1.807, 2.05) is 17.5 Å². The molecule has 0 spiro atoms. The molecule has 1 aliphatic rings. The van der Waals surface area contributed by atoms with E-state index in [2.05, 4.69) is 23.3 Å². The first-order valence-corrected chi connectivity index (χ1v) is 7.96. The first kappa shape index (κ1) is 12.9. The minimum absolute atomic E-state index is 0.835. The third kappa shape index (κ3) is 2.90. The topological polar surface area (TPSA) is 38.1 Å². The van der Waals surface area contributed by atoms with Gasteiger partial charge in [0.05, 0.1) is 11.1 Å². The molecule has 1 N–H and O–H groups in total. The summed E-state index contributed by atoms with van der Waals surface area (Å²) in [5, 5.41) is 3.29. The normalized spacial score (nSPS) is 14.6. The maximum atomic E-state index is 5.85. The van der Waals surface area contributed by atoms with Crippen LogP contribution in [-0.2, 0) is 19.3 Å². The summed E-state index contributed by atoms with van der Waals surface area (Å²) >= 11 is 1.88. The zero-order valence-corrected chi connectivity index (χ0v) is 12.2. The molecule has 0 aromatic carbocycles. The van der Waals surface area contributed by atoms with Crippen molar-refractivity contribution in [2.75, 3.05) is 13.1 Å². The van der Waals surface area contributed by atoms with Gasteiger partial charge in [-0.15, -0.1) is 11.3 Å². The Balaban J connectivity index is 1.73. The predicted molar refractivity (Wildman–Crippen MR) is 78.7 cm³/mol. The number of hydrogen-bond acceptors (Lipinski definition) is 4. The van der Waals surface area contributed by atoms with E-state index in [9.17, 15) is 0 Å². The summed E-state index contributed by atoms with van der Waals surface area (Å²) in [6.07, 6.45) is 7.86. The van der Waals surface area contributed by atoms with E-state index in [1.54, 1.807) is 4.88 Å². The molecular formula is C15H20N2OS. The van der Waals surface area contributed by atoms with Crippen LogP contribution in [0, 0.1) is 0 Å². The highest BCUT2D eigenvalue weighted by molar-refractivity contribution is 7.15. The van der Waals surface area contributed by atoms with Crippen LogP contribution in [0.5, 0.6) is 0 Å². The summed E-state index contributed by atoms with van der Waals surface area (Å²) in [5.74, 6) is 1.77. The number of nitrogens with zero attached hydrogens (tertiary/aromatic N) is 1. The van der Waals surface area contributed by atoms with Crippen molar-refractivity contribution in [3.8, 4) is 10.6 Å². The van der Waals surface area contributed by atoms with Crippen LogP contribution in [0.4, 0.5) is 0 Å². The van der Waals surface area contributed by atoms with Crippen LogP contribution in [0.15, 0.2) is 16.7 Å². The fourth-order valence-corrected chi connectivity index (χ4v) is 3.72. The number of aryl methyl sites for hydroxylation is 2. The molecule has 0 atom stereocenters. The lowest BCUT2D eigenvalue weighted by atomic mass is 9.99. The fraction of sp³-hybridized carbons (Fsp3) is 0.533. The molecular weight excluding hydrogens is 256 g/mol. The lowest BCUT2D eigenvalue weighted by Gasteiger charge is -2.08. The summed E-state index contributed by atoms with van der Waals surface area (Å²) < 4.78 is 5.85. The van der Waals surface area contributed by atoms with Gasteiger partial charge in [0.25, 0.3) is 0 Å². The van der Waals surface area contributed by atoms with Gasteiger partial charge >= 0.3 is 0 Å². The number of thiophene rings is 1. The molecule has 2 aromatic heterocycles. The van der Waals surface area contributed by atoms with E-state index in [0.29, 0.717) is 0 Å². The molecule has 3 rings (SSSR count). The first-order valence-electron chi connectivity index (χ1n) is 7.14. The molecule has 0 amide bonds. The average Bonchev–Trinajstić information content (AvgIpc) is 3.04. The number of rotatable bonds is 5. The zero-order chi connectivity index (χ0) is 13.1. The maximum absolute atomic E-state index is 5.85. The van der Waals surface area contributed by atoms with Crippen molar-refractivity contribution < 1.29 is 4.42 Å². The Morgan fingerprint density at radius 1 is 1.37 bits per heavy atom. The molecule has 1 aliphatic carbocycles. The summed E-state index contributed by atoms with van der Waals surface area (Å²) in [6, 6.07) is 2.30. The van der Waals surface area contributed by atoms with Crippen molar-refractivity contribution >= 4 is 11.3 Å². The summed E-state index contributed by atoms with van der Waals surface area (Å²) in [6.45, 7) is 4.03. The van der Waals surface area contributed by atoms with Crippen LogP contribution in [-0.4, -0.2) is 18.1 Å². The highest BCUT2D eigenvalue weighted by Gasteiger charge is 2.16. The van der Waals surface area contributed by atoms with Gasteiger partial charge in [0, 0.05) is 17.8 Å². The van der Waals surface area contributed by atoms with Crippen LogP contribution in [0.25, 0.3) is 10.6 Å². The van der Waals surface area contributed by atoms with Gasteiger partial charge < -0.3 is 9.73 Å². The van der Waals surface area contributed by atoms with Gasteiger partial charge in [0.15, 0.2) is 11.7 Å². The van der Waals surface area contributed by atoms with E-state index < -0.39 is 0 Å². The van der Waals surface area contributed by atoms with Crippen LogP contribution >= 0.6 is 11.3 Å². The second-order valence-corrected chi connectivity index (χ2v) is 6.12. The second kappa shape index (κ2) is 5.88. The van der Waals surface area contributed by atoms with E-state index >= 15 is 0 Å². The van der Waals surface area contributed by atoms with Gasteiger partial charge in [-0.05, 0) is 43.9 Å². The van der Waals surface area contributed by atoms with Gasteiger partial charge in [-0.25, -0.2) is 4.98 Å². The molecule has 0 unspecified atom stereocenters. The minimum Gasteiger partial charge on any atom is -0.440 e. The number of fused-ring (bicyclic) bond motifs is 1. The fourth-order valence-electron chi connectivity index (χ4n) is 2.52. The van der Waals surface area contributed by atoms with Crippen LogP contribution in [0.1, 0.15) is 36.1 Å². The van der Waals surface area contributed by atoms with E-state index in [-0.39, 0.29) is 0 Å². The van der Waals surface area contributed by atoms with Crippen molar-refractivity contribution in [1.82, 2.24) is 10.3 Å². The minimum atomic E-state index is 0.835. The van der Waals surface area contributed by atoms with Crippen molar-refractivity contribution in [1.29, 1.82) is 0 Å². The number of hydrogen-bond donors (Lipinski definition) is 1. The molecule has 0 fully saturated rings. The Labute approximate surface area is 118 Å². The third-order valence-electron chi connectivity index (χ3n) is 3.56. The van der Waals surface area contributed by atoms with Gasteiger partial charge in [-0.2, -0.15) is 0 Å². The van der Waals surface area contributed by atoms with Crippen LogP contribution in [0.2, 0.25) is 0 Å². The Hall–Kier alpha value is -1.13. The Bertz CT molecular complexity index is 521. The highest BCUT2D eigenvalue weighted by Crippen LogP contribution is 2.35. The maximum Gasteiger partial charge on any atom is 0.196 e. The monoisotopic (exact) mass is 276 g/mol. The summed E-state index contributed by atoms with van der Waals surface area (Å²) in [4.78, 5) is 7.16. The number of nitrogens with one attached hydrogen (secondary N) is 1. The highest BCUT2D eigenvalue weighted by atomic mass is 32.1. The van der Waals surface area contributed by atoms with Gasteiger partial charge in [0.1, 0.15) is 0 Å². The molecule has 2 aromatic rings. The summed E-state index contributed by atoms with van der Waals surface area (Å²) in [5.41, 5.74) is 1.52. The Morgan fingerprint density at radius 3 is 3.11 bits per heavy atom. The zero-order valence-electron chi connectivity index (χ0n) is 11.4. The smallest absolute Gasteiger partial charge is 0.196 e.